The predicted molar refractivity (Wildman–Crippen MR) is 206 cm³/mol. The number of methoxy groups -OCH3 is 2. The molecule has 3 rings (SSSR count). The molecule has 9 atom stereocenters. The summed E-state index contributed by atoms with van der Waals surface area (Å²) in [5.41, 5.74) is 4.70. The maximum absolute atomic E-state index is 13.8. The molecule has 9 unspecified atom stereocenters. The van der Waals surface area contributed by atoms with Gasteiger partial charge in [0.2, 0.25) is 5.78 Å². The lowest BCUT2D eigenvalue weighted by Gasteiger charge is -2.40. The third kappa shape index (κ3) is 10.0. The Balaban J connectivity index is 1.95. The van der Waals surface area contributed by atoms with E-state index < -0.39 is 106 Å². The molecule has 1 heterocycles. The molecule has 1 aromatic carbocycles. The second-order valence-corrected chi connectivity index (χ2v) is 14.6. The van der Waals surface area contributed by atoms with Crippen molar-refractivity contribution in [1.29, 1.82) is 0 Å². The molecular formula is C42H53NO15. The number of phenols is 1. The van der Waals surface area contributed by atoms with Gasteiger partial charge in [0, 0.05) is 75.7 Å². The number of allylic oxidation sites excluding steroid dienone is 4. The van der Waals surface area contributed by atoms with E-state index in [2.05, 4.69) is 0 Å². The van der Waals surface area contributed by atoms with E-state index in [9.17, 15) is 38.7 Å². The number of ether oxygens (including phenoxy) is 7. The van der Waals surface area contributed by atoms with E-state index in [4.69, 9.17) is 38.9 Å². The van der Waals surface area contributed by atoms with E-state index in [0.29, 0.717) is 5.57 Å². The Labute approximate surface area is 337 Å². The predicted octanol–water partition coefficient (Wildman–Crippen LogP) is 4.77. The number of rotatable bonds is 17. The molecule has 0 fully saturated rings. The van der Waals surface area contributed by atoms with Gasteiger partial charge in [-0.25, -0.2) is 4.79 Å². The largest absolute Gasteiger partial charge is 0.507 e. The number of hydrogen-bond donors (Lipinski definition) is 2. The number of esters is 4. The fourth-order valence-corrected chi connectivity index (χ4v) is 7.27. The number of fused-ring (bicyclic) bond motifs is 3. The fraction of sp³-hybridized carbons (Fsp3) is 0.500. The first-order valence-electron chi connectivity index (χ1n) is 18.5. The summed E-state index contributed by atoms with van der Waals surface area (Å²) in [6.45, 7) is 14.9. The molecule has 0 bridgehead atoms. The quantitative estimate of drug-likeness (QED) is 0.0709. The Kier molecular flexibility index (Phi) is 15.4. The van der Waals surface area contributed by atoms with Gasteiger partial charge in [-0.3, -0.25) is 28.8 Å². The minimum atomic E-state index is -2.05. The molecule has 0 aromatic heterocycles. The van der Waals surface area contributed by atoms with Gasteiger partial charge in [0.25, 0.3) is 5.78 Å². The molecule has 0 saturated heterocycles. The zero-order valence-corrected chi connectivity index (χ0v) is 34.8. The molecule has 1 aliphatic carbocycles. The number of carbonyl (C=O) groups is 7. The second kappa shape index (κ2) is 19.1. The monoisotopic (exact) mass is 811 g/mol. The van der Waals surface area contributed by atoms with Gasteiger partial charge < -0.3 is 44.0 Å². The molecule has 16 heteroatoms. The summed E-state index contributed by atoms with van der Waals surface area (Å²) < 4.78 is 39.7. The van der Waals surface area contributed by atoms with E-state index in [1.807, 2.05) is 0 Å². The molecule has 1 aromatic rings. The van der Waals surface area contributed by atoms with Gasteiger partial charge in [0.05, 0.1) is 41.9 Å². The molecule has 0 radical (unpaired) electrons. The van der Waals surface area contributed by atoms with Crippen LogP contribution in [0.5, 0.6) is 11.5 Å². The number of phenolic OH excluding ortho intramolecular Hbond substituents is 1. The summed E-state index contributed by atoms with van der Waals surface area (Å²) in [7, 11) is 2.66. The van der Waals surface area contributed by atoms with Crippen molar-refractivity contribution in [3.63, 3.8) is 0 Å². The van der Waals surface area contributed by atoms with Crippen molar-refractivity contribution in [3.8, 4) is 11.5 Å². The van der Waals surface area contributed by atoms with Gasteiger partial charge in [-0.2, -0.15) is 0 Å². The van der Waals surface area contributed by atoms with Crippen LogP contribution >= 0.6 is 0 Å². The van der Waals surface area contributed by atoms with Crippen molar-refractivity contribution in [3.05, 3.63) is 70.2 Å². The highest BCUT2D eigenvalue weighted by atomic mass is 16.7. The zero-order valence-electron chi connectivity index (χ0n) is 34.8. The number of aromatic hydroxyl groups is 1. The van der Waals surface area contributed by atoms with E-state index in [-0.39, 0.29) is 28.1 Å². The molecule has 1 aliphatic heterocycles. The van der Waals surface area contributed by atoms with E-state index >= 15 is 0 Å². The molecule has 2 aliphatic rings. The summed E-state index contributed by atoms with van der Waals surface area (Å²) >= 11 is 0. The summed E-state index contributed by atoms with van der Waals surface area (Å²) in [5.74, 6) is -10.0. The van der Waals surface area contributed by atoms with Crippen molar-refractivity contribution in [2.75, 3.05) is 14.2 Å². The Morgan fingerprint density at radius 3 is 1.88 bits per heavy atom. The highest BCUT2D eigenvalue weighted by Crippen LogP contribution is 2.47. The lowest BCUT2D eigenvalue weighted by atomic mass is 9.78. The topological polar surface area (TPSA) is 230 Å². The van der Waals surface area contributed by atoms with Crippen LogP contribution in [0.4, 0.5) is 0 Å². The van der Waals surface area contributed by atoms with Gasteiger partial charge in [-0.15, -0.1) is 0 Å². The Hall–Kier alpha value is -5.77. The summed E-state index contributed by atoms with van der Waals surface area (Å²) in [5, 5.41) is 10.8. The van der Waals surface area contributed by atoms with Crippen LogP contribution in [0.1, 0.15) is 99.0 Å². The number of benzene rings is 1. The van der Waals surface area contributed by atoms with Crippen LogP contribution in [0.2, 0.25) is 0 Å². The fourth-order valence-electron chi connectivity index (χ4n) is 7.27. The third-order valence-electron chi connectivity index (χ3n) is 10.3. The van der Waals surface area contributed by atoms with E-state index in [0.717, 1.165) is 12.3 Å². The number of Topliss-reactive ketones (excluding diaryl/α,β-unsaturated/α-hetero) is 2. The first-order chi connectivity index (χ1) is 27.0. The Bertz CT molecular complexity index is 1960. The molecule has 0 saturated carbocycles. The Morgan fingerprint density at radius 2 is 1.34 bits per heavy atom. The van der Waals surface area contributed by atoms with Gasteiger partial charge in [0.15, 0.2) is 5.78 Å². The number of carbonyl (C=O) groups excluding carboxylic acids is 7. The van der Waals surface area contributed by atoms with Crippen molar-refractivity contribution in [2.45, 2.75) is 99.4 Å². The van der Waals surface area contributed by atoms with Crippen LogP contribution in [0.15, 0.2) is 47.9 Å². The van der Waals surface area contributed by atoms with Crippen molar-refractivity contribution >= 4 is 41.2 Å². The summed E-state index contributed by atoms with van der Waals surface area (Å²) in [6.07, 6.45) is 4.68. The van der Waals surface area contributed by atoms with Crippen molar-refractivity contribution < 1.29 is 71.8 Å². The van der Waals surface area contributed by atoms with Crippen LogP contribution in [0.3, 0.4) is 0 Å². The van der Waals surface area contributed by atoms with Crippen LogP contribution < -0.4 is 10.5 Å². The molecular weight excluding hydrogens is 758 g/mol. The highest BCUT2D eigenvalue weighted by molar-refractivity contribution is 6.30. The number of ketones is 3. The van der Waals surface area contributed by atoms with Crippen LogP contribution in [0, 0.1) is 30.6 Å². The van der Waals surface area contributed by atoms with Gasteiger partial charge in [-0.1, -0.05) is 45.9 Å². The van der Waals surface area contributed by atoms with E-state index in [1.54, 1.807) is 52.8 Å². The Morgan fingerprint density at radius 1 is 0.810 bits per heavy atom. The van der Waals surface area contributed by atoms with Crippen LogP contribution in [-0.2, 0) is 47.6 Å². The molecule has 16 nitrogen and oxygen atoms in total. The van der Waals surface area contributed by atoms with Crippen LogP contribution in [0.25, 0.3) is 0 Å². The van der Waals surface area contributed by atoms with Crippen LogP contribution in [-0.4, -0.2) is 90.8 Å². The highest BCUT2D eigenvalue weighted by Gasteiger charge is 2.51. The van der Waals surface area contributed by atoms with Crippen molar-refractivity contribution in [2.24, 2.45) is 29.4 Å². The van der Waals surface area contributed by atoms with Gasteiger partial charge in [0.1, 0.15) is 29.8 Å². The average Bonchev–Trinajstić information content (AvgIpc) is 3.41. The van der Waals surface area contributed by atoms with Gasteiger partial charge in [-0.05, 0) is 19.9 Å². The second-order valence-electron chi connectivity index (χ2n) is 14.6. The molecule has 3 N–H and O–H groups in total. The number of hydrogen-bond acceptors (Lipinski definition) is 16. The molecule has 58 heavy (non-hydrogen) atoms. The maximum atomic E-state index is 13.8. The normalized spacial score (nSPS) is 20.7. The average molecular weight is 812 g/mol. The maximum Gasteiger partial charge on any atom is 0.333 e. The molecule has 0 amide bonds. The zero-order chi connectivity index (χ0) is 44.0. The summed E-state index contributed by atoms with van der Waals surface area (Å²) in [4.78, 5) is 88.9. The number of nitrogens with two attached hydrogens (primary N) is 1. The third-order valence-corrected chi connectivity index (χ3v) is 10.3. The lowest BCUT2D eigenvalue weighted by Crippen LogP contribution is -2.49. The standard InChI is InChI=1S/C42H53NO15/c1-19(14-13-15-20(2)41(51)53-12)36(55-25(7)44)23(5)38(57-27(9)46)24(6)37(56-26(8)45)21(3)30(52-11)16-17-54-42(10)40(50)33-31-29(47)18-28(43)35(49)32(31)34(48)22(4)39(33)58-42/h13-19,21,23-24,30,36-38,48H,43H2,1-12H3/b14-13+,17-16+,20-15-. The smallest absolute Gasteiger partial charge is 0.333 e. The van der Waals surface area contributed by atoms with E-state index in [1.165, 1.54) is 54.9 Å². The minimum Gasteiger partial charge on any atom is -0.507 e. The molecule has 316 valence electrons. The first kappa shape index (κ1) is 46.6. The first-order valence-corrected chi connectivity index (χ1v) is 18.5. The van der Waals surface area contributed by atoms with Crippen molar-refractivity contribution in [1.82, 2.24) is 0 Å². The SMILES string of the molecule is COC(=O)/C(C)=C\C=C\C(C)C(OC(C)=O)C(C)C(OC(C)=O)C(C)C(OC(C)=O)C(C)C(/C=C/OC1(C)Oc2c(C)c(O)c3c(c2C1=O)C(=O)C=C(N)C3=O)OC. The lowest BCUT2D eigenvalue weighted by molar-refractivity contribution is -0.175. The summed E-state index contributed by atoms with van der Waals surface area (Å²) in [6, 6.07) is 0. The van der Waals surface area contributed by atoms with Gasteiger partial charge >= 0.3 is 29.7 Å². The minimum absolute atomic E-state index is 0.0271. The molecule has 0 spiro atoms.